The van der Waals surface area contributed by atoms with E-state index in [0.717, 1.165) is 145 Å². The van der Waals surface area contributed by atoms with Crippen molar-refractivity contribution in [2.24, 2.45) is 35.2 Å². The zero-order valence-corrected chi connectivity index (χ0v) is 81.1. The number of pyridine rings is 10. The molecular weight excluding hydrogens is 1700 g/mol. The lowest BCUT2D eigenvalue weighted by Crippen LogP contribution is -2.32. The van der Waals surface area contributed by atoms with Gasteiger partial charge in [-0.3, -0.25) is 0 Å². The predicted octanol–water partition coefficient (Wildman–Crippen LogP) is 27.7. The minimum atomic E-state index is -0.889. The van der Waals surface area contributed by atoms with Crippen LogP contribution in [0.3, 0.4) is 0 Å². The number of fused-ring (bicyclic) bond motifs is 15. The summed E-state index contributed by atoms with van der Waals surface area (Å²) in [5.74, 6) is -2.11. The maximum absolute atomic E-state index is 14.8. The van der Waals surface area contributed by atoms with Crippen LogP contribution in [0.15, 0.2) is 180 Å². The van der Waals surface area contributed by atoms with Gasteiger partial charge in [-0.2, -0.15) is 46.9 Å². The number of nitrogens with zero attached hydrogens (tertiary/aromatic N) is 10. The standard InChI is InChI=1S/2C23H24FN2O.2C22H21F2N2O.C22H22FN2O/c1-12(2)17-10-18(26(6)11-15(17)5)21-13(3)7-8-16-20-14(4)9-19(24)25-23(20)27-22(16)21;1-12(2)17-10-19(26(6)11-15(17)5)20-13(3)7-8-16-18-9-14(4)22(24)25-23(18)27-21(16)20;1-11(2)15-9-17(26(5)10-13(15)4)19-12(3)8-16(23)20-14-6-7-18(24)25-22(14)27-21(19)20;1-11(2)15-8-17(26(5)10-13(15)4)19-12(3)6-7-14-20-16(23)9-18(24)25-22(20)27-21(14)19;1-12(2)17-10-18(25(5)11-14(17)4)20-13(3)6-7-15-16-8-9-19(23)24-22(16)26-21(15)20/h2*7-12H,1-6H3;2*6-11H,1-5H3;6-12H,1-5H3/q5*+1. The summed E-state index contributed by atoms with van der Waals surface area (Å²) in [6.45, 7) is 46.1. The highest BCUT2D eigenvalue weighted by atomic mass is 19.2. The van der Waals surface area contributed by atoms with Crippen molar-refractivity contribution in [3.63, 3.8) is 0 Å². The maximum atomic E-state index is 14.8. The number of benzene rings is 5. The normalized spacial score (nSPS) is 11.8. The fourth-order valence-corrected chi connectivity index (χ4v) is 19.5. The van der Waals surface area contributed by atoms with E-state index in [-0.39, 0.29) is 16.8 Å². The summed E-state index contributed by atoms with van der Waals surface area (Å²) in [5.41, 5.74) is 33.3. The van der Waals surface area contributed by atoms with Crippen molar-refractivity contribution in [1.29, 1.82) is 0 Å². The van der Waals surface area contributed by atoms with E-state index in [1.54, 1.807) is 19.1 Å². The number of rotatable bonds is 10. The predicted molar refractivity (Wildman–Crippen MR) is 518 cm³/mol. The Bertz CT molecular complexity index is 8000. The molecule has 0 bridgehead atoms. The van der Waals surface area contributed by atoms with Crippen molar-refractivity contribution in [2.75, 3.05) is 0 Å². The van der Waals surface area contributed by atoms with Crippen LogP contribution in [0.2, 0.25) is 0 Å². The molecule has 0 aliphatic rings. The van der Waals surface area contributed by atoms with Gasteiger partial charge in [-0.25, -0.2) is 31.6 Å². The van der Waals surface area contributed by atoms with Crippen LogP contribution < -0.4 is 22.8 Å². The maximum Gasteiger partial charge on any atom is 0.232 e. The molecule has 15 aromatic heterocycles. The molecule has 5 aromatic carbocycles. The van der Waals surface area contributed by atoms with Crippen LogP contribution in [-0.2, 0) is 35.2 Å². The smallest absolute Gasteiger partial charge is 0.232 e. The van der Waals surface area contributed by atoms with E-state index in [0.29, 0.717) is 79.6 Å². The van der Waals surface area contributed by atoms with Crippen molar-refractivity contribution in [3.05, 3.63) is 294 Å². The highest BCUT2D eigenvalue weighted by molar-refractivity contribution is 6.13. The molecule has 0 saturated carbocycles. The van der Waals surface area contributed by atoms with E-state index in [4.69, 9.17) is 22.1 Å². The molecule has 0 aliphatic carbocycles. The molecule has 0 saturated heterocycles. The molecule has 0 radical (unpaired) electrons. The van der Waals surface area contributed by atoms with Gasteiger partial charge in [0.2, 0.25) is 86.8 Å². The third-order valence-corrected chi connectivity index (χ3v) is 26.1. The zero-order chi connectivity index (χ0) is 96.4. The Labute approximate surface area is 774 Å². The van der Waals surface area contributed by atoms with Gasteiger partial charge in [0.25, 0.3) is 0 Å². The third kappa shape index (κ3) is 17.1. The Balaban J connectivity index is 0.000000122. The molecule has 684 valence electrons. The largest absolute Gasteiger partial charge is 0.437 e. The molecule has 0 fully saturated rings. The van der Waals surface area contributed by atoms with Gasteiger partial charge in [-0.1, -0.05) is 118 Å². The van der Waals surface area contributed by atoms with E-state index in [2.05, 4.69) is 257 Å². The number of aromatic nitrogens is 10. The molecule has 134 heavy (non-hydrogen) atoms. The van der Waals surface area contributed by atoms with Gasteiger partial charge in [-0.15, -0.1) is 0 Å². The summed E-state index contributed by atoms with van der Waals surface area (Å²) < 4.78 is 138. The first kappa shape index (κ1) is 93.3. The van der Waals surface area contributed by atoms with Gasteiger partial charge in [0, 0.05) is 102 Å². The van der Waals surface area contributed by atoms with Gasteiger partial charge < -0.3 is 22.1 Å². The van der Waals surface area contributed by atoms with Gasteiger partial charge in [0.1, 0.15) is 46.9 Å². The van der Waals surface area contributed by atoms with Crippen molar-refractivity contribution in [2.45, 2.75) is 182 Å². The van der Waals surface area contributed by atoms with Crippen LogP contribution in [0.4, 0.5) is 30.7 Å². The zero-order valence-electron chi connectivity index (χ0n) is 81.1. The van der Waals surface area contributed by atoms with E-state index in [1.807, 2.05) is 81.4 Å². The summed E-state index contributed by atoms with van der Waals surface area (Å²) in [6.07, 6.45) is 10.6. The number of halogens is 7. The van der Waals surface area contributed by atoms with Crippen LogP contribution in [0.5, 0.6) is 0 Å². The second kappa shape index (κ2) is 36.2. The monoisotopic (exact) mass is 1810 g/mol. The summed E-state index contributed by atoms with van der Waals surface area (Å²) in [5, 5.41) is 7.09. The number of aryl methyl sites for hydroxylation is 17. The molecule has 22 heteroatoms. The minimum absolute atomic E-state index is 0.0202. The van der Waals surface area contributed by atoms with Crippen LogP contribution in [-0.4, -0.2) is 24.9 Å². The molecule has 15 nitrogen and oxygen atoms in total. The molecular formula is C112H112F7N10O5+5. The van der Waals surface area contributed by atoms with E-state index in [9.17, 15) is 30.7 Å². The first-order chi connectivity index (χ1) is 63.5. The van der Waals surface area contributed by atoms with Gasteiger partial charge in [0.05, 0.1) is 49.4 Å². The molecule has 0 N–H and O–H groups in total. The molecule has 0 atom stereocenters. The van der Waals surface area contributed by atoms with Crippen LogP contribution in [0.1, 0.15) is 193 Å². The van der Waals surface area contributed by atoms with Gasteiger partial charge >= 0.3 is 0 Å². The van der Waals surface area contributed by atoms with Crippen LogP contribution in [0, 0.1) is 124 Å². The molecule has 0 aliphatic heterocycles. The summed E-state index contributed by atoms with van der Waals surface area (Å²) >= 11 is 0. The van der Waals surface area contributed by atoms with Crippen molar-refractivity contribution in [1.82, 2.24) is 24.9 Å². The average molecular weight is 1810 g/mol. The van der Waals surface area contributed by atoms with Crippen molar-refractivity contribution >= 4 is 110 Å². The van der Waals surface area contributed by atoms with Crippen LogP contribution >= 0.6 is 0 Å². The minimum Gasteiger partial charge on any atom is -0.437 e. The first-order valence-electron chi connectivity index (χ1n) is 45.3. The molecule has 0 amide bonds. The second-order valence-corrected chi connectivity index (χ2v) is 37.6. The summed E-state index contributed by atoms with van der Waals surface area (Å²) in [7, 11) is 10.1. The second-order valence-electron chi connectivity index (χ2n) is 37.6. The van der Waals surface area contributed by atoms with Crippen molar-refractivity contribution in [3.8, 4) is 56.3 Å². The molecule has 15 heterocycles. The Morgan fingerprint density at radius 3 is 0.896 bits per heavy atom. The molecule has 20 aromatic rings. The Morgan fingerprint density at radius 2 is 0.507 bits per heavy atom. The number of hydrogen-bond donors (Lipinski definition) is 0. The number of furan rings is 5. The first-order valence-corrected chi connectivity index (χ1v) is 45.3. The quantitative estimate of drug-likeness (QED) is 0.0735. The lowest BCUT2D eigenvalue weighted by Gasteiger charge is -2.12. The third-order valence-electron chi connectivity index (χ3n) is 26.1. The Morgan fingerprint density at radius 1 is 0.224 bits per heavy atom. The van der Waals surface area contributed by atoms with E-state index >= 15 is 0 Å². The van der Waals surface area contributed by atoms with Crippen LogP contribution in [0.25, 0.3) is 167 Å². The molecule has 0 unspecified atom stereocenters. The Kier molecular flexibility index (Phi) is 25.2. The SMILES string of the molecule is Cc1c[n+](C)c(-c2c(C)cc(F)c3c2oc2nc(F)ccc23)cc1C(C)C.Cc1c[n+](C)c(-c2c(C)ccc3c2oc2nc(F)c(C)cc23)cc1C(C)C.Cc1c[n+](C)c(-c2c(C)ccc3c2oc2nc(F)cc(C)c23)cc1C(C)C.Cc1c[n+](C)c(-c2c(C)ccc3c2oc2nc(F)cc(F)c23)cc1C(C)C.Cc1c[n+](C)c(-c2c(C)ccc3c2oc2nc(F)ccc23)cc1C(C)C. The molecule has 20 rings (SSSR count). The summed E-state index contributed by atoms with van der Waals surface area (Å²) in [4.78, 5) is 19.5. The molecule has 0 spiro atoms. The number of hydrogen-bond acceptors (Lipinski definition) is 10. The van der Waals surface area contributed by atoms with E-state index in [1.165, 1.54) is 86.0 Å². The van der Waals surface area contributed by atoms with Gasteiger partial charge in [-0.05, 0) is 216 Å². The van der Waals surface area contributed by atoms with Gasteiger partial charge in [0.15, 0.2) is 58.9 Å². The highest BCUT2D eigenvalue weighted by Crippen LogP contribution is 2.46. The topological polar surface area (TPSA) is 150 Å². The fraction of sp³-hybridized carbons (Fsp3) is 0.286. The average Bonchev–Trinajstić information content (AvgIpc) is 1.59. The van der Waals surface area contributed by atoms with Crippen molar-refractivity contribution < 1.29 is 75.7 Å². The highest BCUT2D eigenvalue weighted by Gasteiger charge is 2.32. The van der Waals surface area contributed by atoms with E-state index < -0.39 is 41.4 Å². The lowest BCUT2D eigenvalue weighted by atomic mass is 9.94. The summed E-state index contributed by atoms with van der Waals surface area (Å²) in [6, 6.07) is 38.6. The lowest BCUT2D eigenvalue weighted by molar-refractivity contribution is -0.660. The fourth-order valence-electron chi connectivity index (χ4n) is 19.5. The Hall–Kier alpha value is -13.9.